The summed E-state index contributed by atoms with van der Waals surface area (Å²) in [6.45, 7) is 1.26. The highest BCUT2D eigenvalue weighted by molar-refractivity contribution is 7.89. The predicted octanol–water partition coefficient (Wildman–Crippen LogP) is -0.257. The molecule has 0 fully saturated rings. The van der Waals surface area contributed by atoms with Gasteiger partial charge in [0.05, 0.1) is 5.75 Å². The van der Waals surface area contributed by atoms with Crippen LogP contribution in [0.3, 0.4) is 0 Å². The second kappa shape index (κ2) is 4.42. The summed E-state index contributed by atoms with van der Waals surface area (Å²) in [6.07, 6.45) is 0.492. The Labute approximate surface area is 72.0 Å². The fourth-order valence-corrected chi connectivity index (χ4v) is 1.84. The van der Waals surface area contributed by atoms with Gasteiger partial charge in [0.1, 0.15) is 6.54 Å². The molecular formula is C6H13NO4S. The van der Waals surface area contributed by atoms with E-state index in [4.69, 9.17) is 5.11 Å². The highest BCUT2D eigenvalue weighted by Crippen LogP contribution is 1.98. The molecule has 0 aromatic carbocycles. The van der Waals surface area contributed by atoms with Gasteiger partial charge in [0.15, 0.2) is 0 Å². The van der Waals surface area contributed by atoms with Crippen LogP contribution in [0.5, 0.6) is 0 Å². The van der Waals surface area contributed by atoms with Gasteiger partial charge in [-0.3, -0.25) is 4.79 Å². The van der Waals surface area contributed by atoms with Crippen LogP contribution in [0.2, 0.25) is 0 Å². The van der Waals surface area contributed by atoms with E-state index < -0.39 is 22.5 Å². The lowest BCUT2D eigenvalue weighted by Gasteiger charge is -2.13. The van der Waals surface area contributed by atoms with Gasteiger partial charge in [0.25, 0.3) is 0 Å². The van der Waals surface area contributed by atoms with E-state index in [9.17, 15) is 13.2 Å². The molecule has 0 aromatic rings. The van der Waals surface area contributed by atoms with Crippen molar-refractivity contribution in [3.63, 3.8) is 0 Å². The molecule has 0 aliphatic carbocycles. The first-order valence-electron chi connectivity index (χ1n) is 3.56. The Hall–Kier alpha value is -0.620. The zero-order chi connectivity index (χ0) is 9.78. The molecule has 1 N–H and O–H groups in total. The van der Waals surface area contributed by atoms with Gasteiger partial charge >= 0.3 is 5.97 Å². The van der Waals surface area contributed by atoms with Gasteiger partial charge in [-0.2, -0.15) is 4.31 Å². The second-order valence-corrected chi connectivity index (χ2v) is 4.66. The summed E-state index contributed by atoms with van der Waals surface area (Å²) in [5.74, 6) is -1.14. The van der Waals surface area contributed by atoms with Crippen molar-refractivity contribution in [3.8, 4) is 0 Å². The molecule has 0 aromatic heterocycles. The van der Waals surface area contributed by atoms with E-state index in [1.807, 2.05) is 0 Å². The van der Waals surface area contributed by atoms with Crippen LogP contribution < -0.4 is 0 Å². The number of nitrogens with zero attached hydrogens (tertiary/aromatic N) is 1. The fraction of sp³-hybridized carbons (Fsp3) is 0.833. The van der Waals surface area contributed by atoms with Crippen molar-refractivity contribution < 1.29 is 18.3 Å². The summed E-state index contributed by atoms with van der Waals surface area (Å²) in [6, 6.07) is 0. The summed E-state index contributed by atoms with van der Waals surface area (Å²) in [5.41, 5.74) is 0. The van der Waals surface area contributed by atoms with Gasteiger partial charge in [-0.1, -0.05) is 6.92 Å². The van der Waals surface area contributed by atoms with Crippen LogP contribution in [0.1, 0.15) is 13.3 Å². The Morgan fingerprint density at radius 3 is 2.33 bits per heavy atom. The molecule has 5 nitrogen and oxygen atoms in total. The standard InChI is InChI=1S/C6H13NO4S/c1-3-4-12(10,11)7(2)5-6(8)9/h3-5H2,1-2H3,(H,8,9). The molecule has 12 heavy (non-hydrogen) atoms. The Balaban J connectivity index is 4.26. The highest BCUT2D eigenvalue weighted by atomic mass is 32.2. The summed E-state index contributed by atoms with van der Waals surface area (Å²) in [5, 5.41) is 8.31. The molecule has 72 valence electrons. The lowest BCUT2D eigenvalue weighted by molar-refractivity contribution is -0.137. The van der Waals surface area contributed by atoms with Gasteiger partial charge in [-0.15, -0.1) is 0 Å². The van der Waals surface area contributed by atoms with Crippen molar-refractivity contribution in [2.75, 3.05) is 19.3 Å². The van der Waals surface area contributed by atoms with Crippen LogP contribution in [0.15, 0.2) is 0 Å². The van der Waals surface area contributed by atoms with E-state index in [0.29, 0.717) is 6.42 Å². The smallest absolute Gasteiger partial charge is 0.318 e. The van der Waals surface area contributed by atoms with E-state index in [2.05, 4.69) is 0 Å². The minimum absolute atomic E-state index is 0.00319. The summed E-state index contributed by atoms with van der Waals surface area (Å²) >= 11 is 0. The van der Waals surface area contributed by atoms with Crippen LogP contribution >= 0.6 is 0 Å². The molecule has 0 aliphatic rings. The first kappa shape index (κ1) is 11.4. The molecular weight excluding hydrogens is 182 g/mol. The van der Waals surface area contributed by atoms with Crippen molar-refractivity contribution >= 4 is 16.0 Å². The van der Waals surface area contributed by atoms with Gasteiger partial charge in [0.2, 0.25) is 10.0 Å². The van der Waals surface area contributed by atoms with Gasteiger partial charge in [0, 0.05) is 7.05 Å². The Bertz CT molecular complexity index is 246. The van der Waals surface area contributed by atoms with E-state index in [1.54, 1.807) is 6.92 Å². The average Bonchev–Trinajstić information content (AvgIpc) is 1.85. The molecule has 0 heterocycles. The van der Waals surface area contributed by atoms with Crippen molar-refractivity contribution in [3.05, 3.63) is 0 Å². The van der Waals surface area contributed by atoms with Gasteiger partial charge < -0.3 is 5.11 Å². The second-order valence-electron chi connectivity index (χ2n) is 2.47. The van der Waals surface area contributed by atoms with Crippen molar-refractivity contribution in [1.82, 2.24) is 4.31 Å². The van der Waals surface area contributed by atoms with E-state index in [1.165, 1.54) is 7.05 Å². The van der Waals surface area contributed by atoms with E-state index in [-0.39, 0.29) is 5.75 Å². The number of carboxylic acids is 1. The molecule has 6 heteroatoms. The molecule has 0 amide bonds. The summed E-state index contributed by atoms with van der Waals surface area (Å²) < 4.78 is 23.1. The van der Waals surface area contributed by atoms with Crippen LogP contribution in [0, 0.1) is 0 Å². The number of aliphatic carboxylic acids is 1. The fourth-order valence-electron chi connectivity index (χ4n) is 0.703. The minimum Gasteiger partial charge on any atom is -0.480 e. The molecule has 0 unspecified atom stereocenters. The Kier molecular flexibility index (Phi) is 4.19. The highest BCUT2D eigenvalue weighted by Gasteiger charge is 2.18. The number of carbonyl (C=O) groups is 1. The maximum Gasteiger partial charge on any atom is 0.318 e. The third-order valence-electron chi connectivity index (χ3n) is 1.29. The number of likely N-dealkylation sites (N-methyl/N-ethyl adjacent to an activating group) is 1. The van der Waals surface area contributed by atoms with Crippen molar-refractivity contribution in [2.45, 2.75) is 13.3 Å². The molecule has 0 atom stereocenters. The van der Waals surface area contributed by atoms with Crippen molar-refractivity contribution in [2.24, 2.45) is 0 Å². The molecule has 0 rings (SSSR count). The normalized spacial score (nSPS) is 11.9. The topological polar surface area (TPSA) is 74.7 Å². The van der Waals surface area contributed by atoms with Crippen molar-refractivity contribution in [1.29, 1.82) is 0 Å². The molecule has 0 saturated heterocycles. The predicted molar refractivity (Wildman–Crippen MR) is 44.3 cm³/mol. The minimum atomic E-state index is -3.35. The Morgan fingerprint density at radius 1 is 1.50 bits per heavy atom. The number of sulfonamides is 1. The molecule has 0 radical (unpaired) electrons. The summed E-state index contributed by atoms with van der Waals surface area (Å²) in [4.78, 5) is 10.2. The first-order chi connectivity index (χ1) is 5.40. The number of hydrogen-bond acceptors (Lipinski definition) is 3. The first-order valence-corrected chi connectivity index (χ1v) is 5.17. The van der Waals surface area contributed by atoms with Gasteiger partial charge in [-0.25, -0.2) is 8.42 Å². The molecule has 0 bridgehead atoms. The van der Waals surface area contributed by atoms with Gasteiger partial charge in [-0.05, 0) is 6.42 Å². The largest absolute Gasteiger partial charge is 0.480 e. The maximum absolute atomic E-state index is 11.1. The van der Waals surface area contributed by atoms with Crippen LogP contribution in [0.25, 0.3) is 0 Å². The molecule has 0 saturated carbocycles. The zero-order valence-electron chi connectivity index (χ0n) is 7.15. The third kappa shape index (κ3) is 3.68. The summed E-state index contributed by atoms with van der Waals surface area (Å²) in [7, 11) is -2.09. The lowest BCUT2D eigenvalue weighted by Crippen LogP contribution is -2.33. The zero-order valence-corrected chi connectivity index (χ0v) is 7.97. The average molecular weight is 195 g/mol. The third-order valence-corrected chi connectivity index (χ3v) is 3.30. The number of carboxylic acid groups (broad SMARTS) is 1. The van der Waals surface area contributed by atoms with E-state index >= 15 is 0 Å². The van der Waals surface area contributed by atoms with Crippen LogP contribution in [0.4, 0.5) is 0 Å². The Morgan fingerprint density at radius 2 is 2.00 bits per heavy atom. The van der Waals surface area contributed by atoms with Crippen LogP contribution in [-0.2, 0) is 14.8 Å². The monoisotopic (exact) mass is 195 g/mol. The van der Waals surface area contributed by atoms with E-state index in [0.717, 1.165) is 4.31 Å². The number of rotatable bonds is 5. The molecule has 0 aliphatic heterocycles. The van der Waals surface area contributed by atoms with Crippen LogP contribution in [-0.4, -0.2) is 43.1 Å². The maximum atomic E-state index is 11.1. The number of hydrogen-bond donors (Lipinski definition) is 1. The quantitative estimate of drug-likeness (QED) is 0.656. The SMILES string of the molecule is CCCS(=O)(=O)N(C)CC(=O)O. The lowest BCUT2D eigenvalue weighted by atomic mass is 10.6. The molecule has 0 spiro atoms.